The third-order valence-electron chi connectivity index (χ3n) is 29.7. The fourth-order valence-electron chi connectivity index (χ4n) is 16.4. The molecular formula is C96H178O11Si7Sn. The summed E-state index contributed by atoms with van der Waals surface area (Å²) >= 11 is -2.91. The predicted molar refractivity (Wildman–Crippen MR) is 513 cm³/mol. The van der Waals surface area contributed by atoms with Crippen LogP contribution in [0.5, 0.6) is 0 Å². The van der Waals surface area contributed by atoms with Crippen molar-refractivity contribution in [1.82, 2.24) is 0 Å². The Kier molecular flexibility index (Phi) is 35.7. The molecule has 0 radical (unpaired) electrons. The van der Waals surface area contributed by atoms with E-state index >= 15 is 0 Å². The van der Waals surface area contributed by atoms with Crippen molar-refractivity contribution in [3.05, 3.63) is 107 Å². The van der Waals surface area contributed by atoms with Crippen molar-refractivity contribution in [3.63, 3.8) is 0 Å². The van der Waals surface area contributed by atoms with E-state index in [0.717, 1.165) is 37.7 Å². The van der Waals surface area contributed by atoms with Gasteiger partial charge < -0.3 is 22.4 Å². The molecule has 0 amide bonds. The van der Waals surface area contributed by atoms with Crippen LogP contribution in [0.1, 0.15) is 269 Å². The molecule has 11 nitrogen and oxygen atoms in total. The van der Waals surface area contributed by atoms with E-state index in [9.17, 15) is 0 Å². The van der Waals surface area contributed by atoms with Gasteiger partial charge in [0, 0.05) is 13.0 Å². The van der Waals surface area contributed by atoms with Gasteiger partial charge in [0.2, 0.25) is 0 Å². The van der Waals surface area contributed by atoms with Crippen molar-refractivity contribution in [2.45, 2.75) is 476 Å². The molecule has 660 valence electrons. The molecule has 1 spiro atoms. The van der Waals surface area contributed by atoms with Gasteiger partial charge in [-0.1, -0.05) is 189 Å². The zero-order valence-electron chi connectivity index (χ0n) is 81.3. The van der Waals surface area contributed by atoms with Gasteiger partial charge in [-0.05, 0) is 95.5 Å². The van der Waals surface area contributed by atoms with Gasteiger partial charge in [-0.15, -0.1) is 0 Å². The number of fused-ring (bicyclic) bond motifs is 1. The Labute approximate surface area is 720 Å². The second kappa shape index (κ2) is 39.9. The van der Waals surface area contributed by atoms with Crippen LogP contribution in [0.4, 0.5) is 0 Å². The van der Waals surface area contributed by atoms with Crippen molar-refractivity contribution in [2.24, 2.45) is 0 Å². The van der Waals surface area contributed by atoms with Crippen molar-refractivity contribution in [2.75, 3.05) is 6.61 Å². The molecule has 6 rings (SSSR count). The van der Waals surface area contributed by atoms with Crippen LogP contribution in [0.25, 0.3) is 0 Å². The van der Waals surface area contributed by atoms with E-state index < -0.39 is 119 Å². The molecule has 0 bridgehead atoms. The Morgan fingerprint density at radius 2 is 0.930 bits per heavy atom. The number of unbranched alkanes of at least 4 members (excludes halogenated alkanes) is 3. The first-order chi connectivity index (χ1) is 52.4. The Balaban J connectivity index is 1.51. The third-order valence-corrected chi connectivity index (χ3v) is 77.7. The van der Waals surface area contributed by atoms with Crippen LogP contribution in [0.3, 0.4) is 0 Å². The van der Waals surface area contributed by atoms with Crippen LogP contribution in [0.15, 0.2) is 107 Å². The normalized spacial score (nSPS) is 25.6. The monoisotopic (exact) mass is 1820 g/mol. The molecule has 4 heterocycles. The molecule has 13 atom stereocenters. The molecular weight excluding hydrogens is 1640 g/mol. The number of hydrogen-bond acceptors (Lipinski definition) is 11. The molecule has 3 saturated heterocycles. The number of hydrogen-bond donors (Lipinski definition) is 0. The molecule has 2 aromatic rings. The minimum Gasteiger partial charge on any atom is -0.414 e. The van der Waals surface area contributed by atoms with E-state index in [2.05, 4.69) is 331 Å². The first-order valence-corrected chi connectivity index (χ1v) is 72.4. The van der Waals surface area contributed by atoms with Gasteiger partial charge in [0.15, 0.2) is 25.0 Å². The van der Waals surface area contributed by atoms with E-state index in [-0.39, 0.29) is 71.9 Å². The molecule has 0 N–H and O–H groups in total. The molecule has 0 aliphatic carbocycles. The third kappa shape index (κ3) is 26.2. The van der Waals surface area contributed by atoms with E-state index in [1.165, 1.54) is 67.8 Å². The molecule has 0 unspecified atom stereocenters. The fourth-order valence-corrected chi connectivity index (χ4v) is 44.8. The maximum atomic E-state index is 8.25. The Hall–Kier alpha value is -0.723. The average Bonchev–Trinajstić information content (AvgIpc) is 0.728. The zero-order valence-corrected chi connectivity index (χ0v) is 91.1. The summed E-state index contributed by atoms with van der Waals surface area (Å²) in [4.78, 5) is 0. The average molecular weight is 1820 g/mol. The van der Waals surface area contributed by atoms with E-state index in [4.69, 9.17) is 63.1 Å². The summed E-state index contributed by atoms with van der Waals surface area (Å²) in [6.45, 7) is 98.9. The smallest absolute Gasteiger partial charge is 0.414 e. The fraction of sp³-hybridized carbons (Fsp3) is 0.792. The van der Waals surface area contributed by atoms with Crippen molar-refractivity contribution >= 4 is 87.0 Å². The number of rotatable bonds is 38. The summed E-state index contributed by atoms with van der Waals surface area (Å²) in [7, 11) is -18.0. The first-order valence-electron chi connectivity index (χ1n) is 45.6. The van der Waals surface area contributed by atoms with Gasteiger partial charge in [0.25, 0.3) is 8.32 Å². The summed E-state index contributed by atoms with van der Waals surface area (Å²) < 4.78 is 93.2. The van der Waals surface area contributed by atoms with Crippen LogP contribution in [-0.4, -0.2) is 162 Å². The van der Waals surface area contributed by atoms with Crippen LogP contribution in [0, 0.1) is 0 Å². The molecule has 4 aliphatic heterocycles. The van der Waals surface area contributed by atoms with Crippen LogP contribution < -0.4 is 10.4 Å². The molecule has 19 heteroatoms. The SMILES string of the molecule is C=C(C[C@@H](C[C@H]1O[C@H]2[C@@H](O[C@]3(C=C(C)C[C@H](C[C](=C)[Sn]([CH2]CCC)([CH2]CCC)[CH2]CCC)O3)C[C@H]2O[Si](C)(C)C(C)(C)C)[C@H](O[Si](C)(C)C(C)(C)C)[C@H]1O[Si](C)(C)C(C)(C)C)O[Si](C)(C)C(C)(C)C)C[C@H]1O[C@H](C/C=C/CCO[Si](c2ccccc2)(c2ccccc2)C(C)(C)C)C[C@@H](O[Si](C)(C)C(C)(C)C)[C@@H]1O[Si](C)(C)C(C)(C)C. The van der Waals surface area contributed by atoms with Crippen LogP contribution in [0.2, 0.25) is 127 Å². The Bertz CT molecular complexity index is 3370. The minimum atomic E-state index is -2.91. The number of ether oxygens (including phenoxy) is 4. The second-order valence-electron chi connectivity index (χ2n) is 46.4. The Morgan fingerprint density at radius 1 is 0.496 bits per heavy atom. The molecule has 4 aliphatic rings. The second-order valence-corrected chi connectivity index (χ2v) is 92.8. The molecule has 2 aromatic carbocycles. The summed E-state index contributed by atoms with van der Waals surface area (Å²) in [5.41, 5.74) is 2.37. The standard InChI is InChI=1S/C84H151O11Si7.3C4H9.Sn/c1-37-47-64-55-62(3)59-84(88-64)60-71(92-98(29,30)79(10,11)12)73-75(89-84)76(95-101(35,36)82(19,20)21)74(94-100(33,34)81(16,17)18)69(87-73)58-65(90-96(25,26)77(4,5)6)54-61(2)56-68-72(93-99(31,32)80(13,14)15)70(91-97(27,28)78(7,8)9)57-63(86-68)48-41-40-46-53-85-102(83(22,23)24,66-49-42-38-43-50-66)67-51-44-39-45-52-67;3*1-3-4-2;/h38-45,49-52,59,63-65,68-76H,1-2,46-48,53-58,60H2,3-36H3;3*1,3-4H2,2H3;/b41-40+;;;;/t63-,64+,65+,68-,69-,70-,71-,72-,73-,74+,75-,76-,84-;;;;/m1..../s1. The first kappa shape index (κ1) is 103. The van der Waals surface area contributed by atoms with Gasteiger partial charge in [-0.25, -0.2) is 0 Å². The van der Waals surface area contributed by atoms with Gasteiger partial charge in [-0.3, -0.25) is 0 Å². The molecule has 3 fully saturated rings. The van der Waals surface area contributed by atoms with Gasteiger partial charge in [-0.2, -0.15) is 0 Å². The van der Waals surface area contributed by atoms with Gasteiger partial charge in [0.1, 0.15) is 0 Å². The minimum absolute atomic E-state index is 0.0335. The van der Waals surface area contributed by atoms with E-state index in [1.807, 2.05) is 0 Å². The van der Waals surface area contributed by atoms with Gasteiger partial charge >= 0.3 is 348 Å². The van der Waals surface area contributed by atoms with Crippen molar-refractivity contribution < 1.29 is 49.9 Å². The van der Waals surface area contributed by atoms with Crippen LogP contribution in [-0.2, 0) is 49.9 Å². The van der Waals surface area contributed by atoms with E-state index in [1.54, 1.807) is 3.59 Å². The number of benzene rings is 2. The molecule has 0 aromatic heterocycles. The molecule has 115 heavy (non-hydrogen) atoms. The maximum absolute atomic E-state index is 8.25. The predicted octanol–water partition coefficient (Wildman–Crippen LogP) is 27.4. The Morgan fingerprint density at radius 3 is 1.37 bits per heavy atom. The summed E-state index contributed by atoms with van der Waals surface area (Å²) in [6, 6.07) is 22.0. The van der Waals surface area contributed by atoms with Crippen LogP contribution >= 0.6 is 0 Å². The summed E-state index contributed by atoms with van der Waals surface area (Å²) in [5, 5.41) is 1.86. The van der Waals surface area contributed by atoms with Crippen molar-refractivity contribution in [1.29, 1.82) is 0 Å². The van der Waals surface area contributed by atoms with E-state index in [0.29, 0.717) is 32.3 Å². The zero-order chi connectivity index (χ0) is 87.2. The summed E-state index contributed by atoms with van der Waals surface area (Å²) in [6.07, 6.45) is 16.3. The summed E-state index contributed by atoms with van der Waals surface area (Å²) in [5.74, 6) is -1.10. The molecule has 0 saturated carbocycles. The van der Waals surface area contributed by atoms with Crippen molar-refractivity contribution in [3.8, 4) is 0 Å². The topological polar surface area (TPSA) is 102 Å². The van der Waals surface area contributed by atoms with Gasteiger partial charge in [0.05, 0.1) is 24.4 Å². The quantitative estimate of drug-likeness (QED) is 0.0365.